The van der Waals surface area contributed by atoms with Crippen molar-refractivity contribution in [1.29, 1.82) is 0 Å². The first-order valence-corrected chi connectivity index (χ1v) is 7.93. The molecule has 8 heteroatoms. The summed E-state index contributed by atoms with van der Waals surface area (Å²) in [5, 5.41) is 9.16. The van der Waals surface area contributed by atoms with Crippen LogP contribution in [0, 0.1) is 5.92 Å². The van der Waals surface area contributed by atoms with Crippen LogP contribution in [0.5, 0.6) is 0 Å². The summed E-state index contributed by atoms with van der Waals surface area (Å²) in [6.07, 6.45) is -1.69. The number of aromatic nitrogens is 2. The van der Waals surface area contributed by atoms with Gasteiger partial charge in [0.1, 0.15) is 5.69 Å². The number of benzene rings is 1. The third-order valence-electron chi connectivity index (χ3n) is 3.94. The second-order valence-corrected chi connectivity index (χ2v) is 6.30. The van der Waals surface area contributed by atoms with E-state index in [-0.39, 0.29) is 23.9 Å². The molecule has 6 nitrogen and oxygen atoms in total. The number of hydrogen-bond donors (Lipinski definition) is 2. The van der Waals surface area contributed by atoms with Gasteiger partial charge in [0.15, 0.2) is 0 Å². The standard InChI is InChI=1S/C17H18F2N4O2/c1-9(2)8-23-14(15(18)19)11(7-21-23)16(24)22-12-5-3-4-10-6-20-17(25)13(10)12/h3-5,7,9,15H,6,8H2,1-2H3,(H,20,25)(H,22,24). The molecule has 2 amide bonds. The van der Waals surface area contributed by atoms with Crippen molar-refractivity contribution < 1.29 is 18.4 Å². The van der Waals surface area contributed by atoms with Gasteiger partial charge in [-0.05, 0) is 17.5 Å². The topological polar surface area (TPSA) is 76.0 Å². The summed E-state index contributed by atoms with van der Waals surface area (Å²) in [6, 6.07) is 5.04. The second kappa shape index (κ2) is 6.62. The van der Waals surface area contributed by atoms with Crippen molar-refractivity contribution in [2.45, 2.75) is 33.4 Å². The molecule has 2 heterocycles. The number of rotatable bonds is 5. The molecule has 1 aliphatic rings. The van der Waals surface area contributed by atoms with Crippen LogP contribution in [0.3, 0.4) is 0 Å². The van der Waals surface area contributed by atoms with Gasteiger partial charge >= 0.3 is 0 Å². The van der Waals surface area contributed by atoms with Gasteiger partial charge in [-0.25, -0.2) is 8.78 Å². The van der Waals surface area contributed by atoms with Gasteiger partial charge in [-0.2, -0.15) is 5.10 Å². The first-order valence-electron chi connectivity index (χ1n) is 7.93. The number of halogens is 2. The molecule has 0 aliphatic carbocycles. The molecule has 0 spiro atoms. The van der Waals surface area contributed by atoms with E-state index in [0.717, 1.165) is 16.4 Å². The molecule has 0 atom stereocenters. The minimum atomic E-state index is -2.83. The smallest absolute Gasteiger partial charge is 0.280 e. The van der Waals surface area contributed by atoms with Crippen LogP contribution >= 0.6 is 0 Å². The first kappa shape index (κ1) is 17.1. The average Bonchev–Trinajstić information content (AvgIpc) is 3.11. The molecule has 0 radical (unpaired) electrons. The number of amides is 2. The second-order valence-electron chi connectivity index (χ2n) is 6.30. The molecule has 0 saturated heterocycles. The van der Waals surface area contributed by atoms with E-state index in [4.69, 9.17) is 0 Å². The van der Waals surface area contributed by atoms with Gasteiger partial charge in [0.25, 0.3) is 18.2 Å². The highest BCUT2D eigenvalue weighted by Gasteiger charge is 2.27. The van der Waals surface area contributed by atoms with Crippen LogP contribution in [-0.2, 0) is 13.1 Å². The monoisotopic (exact) mass is 348 g/mol. The Bertz CT molecular complexity index is 830. The summed E-state index contributed by atoms with van der Waals surface area (Å²) in [5.41, 5.74) is 0.820. The Hall–Kier alpha value is -2.77. The fourth-order valence-electron chi connectivity index (χ4n) is 2.86. The van der Waals surface area contributed by atoms with E-state index in [2.05, 4.69) is 15.7 Å². The summed E-state index contributed by atoms with van der Waals surface area (Å²) in [7, 11) is 0. The van der Waals surface area contributed by atoms with Crippen molar-refractivity contribution in [2.75, 3.05) is 5.32 Å². The van der Waals surface area contributed by atoms with Crippen LogP contribution in [0.2, 0.25) is 0 Å². The lowest BCUT2D eigenvalue weighted by Crippen LogP contribution is -2.19. The fourth-order valence-corrected chi connectivity index (χ4v) is 2.86. The molecule has 0 saturated carbocycles. The average molecular weight is 348 g/mol. The minimum absolute atomic E-state index is 0.106. The molecule has 1 aromatic heterocycles. The normalized spacial score (nSPS) is 13.3. The number of fused-ring (bicyclic) bond motifs is 1. The number of carbonyl (C=O) groups excluding carboxylic acids is 2. The summed E-state index contributed by atoms with van der Waals surface area (Å²) >= 11 is 0. The number of anilines is 1. The zero-order valence-corrected chi connectivity index (χ0v) is 13.8. The molecular formula is C17H18F2N4O2. The van der Waals surface area contributed by atoms with E-state index in [9.17, 15) is 18.4 Å². The van der Waals surface area contributed by atoms with E-state index in [1.807, 2.05) is 13.8 Å². The SMILES string of the molecule is CC(C)Cn1ncc(C(=O)Nc2cccc3c2C(=O)NC3)c1C(F)F. The van der Waals surface area contributed by atoms with Crippen LogP contribution in [0.4, 0.5) is 14.5 Å². The molecule has 25 heavy (non-hydrogen) atoms. The maximum Gasteiger partial charge on any atom is 0.280 e. The maximum atomic E-state index is 13.4. The Kier molecular flexibility index (Phi) is 4.52. The Morgan fingerprint density at radius 3 is 2.84 bits per heavy atom. The molecule has 2 N–H and O–H groups in total. The highest BCUT2D eigenvalue weighted by atomic mass is 19.3. The van der Waals surface area contributed by atoms with Crippen LogP contribution < -0.4 is 10.6 Å². The summed E-state index contributed by atoms with van der Waals surface area (Å²) in [5.74, 6) is -0.900. The minimum Gasteiger partial charge on any atom is -0.348 e. The van der Waals surface area contributed by atoms with E-state index in [1.54, 1.807) is 18.2 Å². The molecule has 0 fully saturated rings. The Morgan fingerprint density at radius 1 is 1.40 bits per heavy atom. The Morgan fingerprint density at radius 2 is 2.16 bits per heavy atom. The zero-order valence-electron chi connectivity index (χ0n) is 13.8. The molecule has 1 aliphatic heterocycles. The molecule has 132 valence electrons. The highest BCUT2D eigenvalue weighted by molar-refractivity contribution is 6.10. The van der Waals surface area contributed by atoms with E-state index >= 15 is 0 Å². The van der Waals surface area contributed by atoms with Gasteiger partial charge < -0.3 is 10.6 Å². The maximum absolute atomic E-state index is 13.4. The third-order valence-corrected chi connectivity index (χ3v) is 3.94. The van der Waals surface area contributed by atoms with E-state index in [1.165, 1.54) is 0 Å². The quantitative estimate of drug-likeness (QED) is 0.872. The first-order chi connectivity index (χ1) is 11.9. The van der Waals surface area contributed by atoms with Crippen molar-refractivity contribution >= 4 is 17.5 Å². The van der Waals surface area contributed by atoms with Gasteiger partial charge in [-0.15, -0.1) is 0 Å². The predicted molar refractivity (Wildman–Crippen MR) is 87.6 cm³/mol. The number of carbonyl (C=O) groups is 2. The van der Waals surface area contributed by atoms with Gasteiger partial charge in [0.05, 0.1) is 23.0 Å². The lowest BCUT2D eigenvalue weighted by molar-refractivity contribution is 0.0966. The summed E-state index contributed by atoms with van der Waals surface area (Å²) in [6.45, 7) is 4.42. The number of alkyl halides is 2. The van der Waals surface area contributed by atoms with Crippen molar-refractivity contribution in [3.05, 3.63) is 46.8 Å². The fraction of sp³-hybridized carbons (Fsp3) is 0.353. The van der Waals surface area contributed by atoms with Crippen molar-refractivity contribution in [1.82, 2.24) is 15.1 Å². The number of nitrogens with zero attached hydrogens (tertiary/aromatic N) is 2. The van der Waals surface area contributed by atoms with E-state index in [0.29, 0.717) is 17.8 Å². The number of hydrogen-bond acceptors (Lipinski definition) is 3. The Balaban J connectivity index is 1.92. The van der Waals surface area contributed by atoms with Crippen LogP contribution in [0.1, 0.15) is 52.2 Å². The van der Waals surface area contributed by atoms with Crippen LogP contribution in [0.15, 0.2) is 24.4 Å². The Labute approximate surface area is 143 Å². The molecule has 2 aromatic rings. The highest BCUT2D eigenvalue weighted by Crippen LogP contribution is 2.27. The summed E-state index contributed by atoms with van der Waals surface area (Å²) < 4.78 is 28.1. The molecule has 0 bridgehead atoms. The molecular weight excluding hydrogens is 330 g/mol. The third kappa shape index (κ3) is 3.24. The van der Waals surface area contributed by atoms with Gasteiger partial charge in [0, 0.05) is 13.1 Å². The summed E-state index contributed by atoms with van der Waals surface area (Å²) in [4.78, 5) is 24.4. The van der Waals surface area contributed by atoms with Crippen LogP contribution in [0.25, 0.3) is 0 Å². The zero-order chi connectivity index (χ0) is 18.1. The molecule has 0 unspecified atom stereocenters. The number of nitrogens with one attached hydrogen (secondary N) is 2. The largest absolute Gasteiger partial charge is 0.348 e. The van der Waals surface area contributed by atoms with Crippen molar-refractivity contribution in [2.24, 2.45) is 5.92 Å². The van der Waals surface area contributed by atoms with Crippen molar-refractivity contribution in [3.63, 3.8) is 0 Å². The van der Waals surface area contributed by atoms with Crippen LogP contribution in [-0.4, -0.2) is 21.6 Å². The molecule has 1 aromatic carbocycles. The predicted octanol–water partition coefficient (Wildman–Crippen LogP) is 2.97. The van der Waals surface area contributed by atoms with Gasteiger partial charge in [-0.1, -0.05) is 26.0 Å². The van der Waals surface area contributed by atoms with Crippen molar-refractivity contribution in [3.8, 4) is 0 Å². The van der Waals surface area contributed by atoms with E-state index < -0.39 is 18.0 Å². The lowest BCUT2D eigenvalue weighted by atomic mass is 10.1. The molecule has 3 rings (SSSR count). The lowest BCUT2D eigenvalue weighted by Gasteiger charge is -2.12. The van der Waals surface area contributed by atoms with Gasteiger partial charge in [-0.3, -0.25) is 14.3 Å². The van der Waals surface area contributed by atoms with Gasteiger partial charge in [0.2, 0.25) is 0 Å².